The SMILES string of the molecule is C[C@H](Cc1c[nH]c2cc(OS(=O)(=O)C(F)(F)F)ccc12)NC(=O)OC(C)(C)C. The molecular weight excluding hydrogens is 401 g/mol. The van der Waals surface area contributed by atoms with Gasteiger partial charge in [0.05, 0.1) is 0 Å². The fourth-order valence-electron chi connectivity index (χ4n) is 2.45. The first-order chi connectivity index (χ1) is 12.7. The quantitative estimate of drug-likeness (QED) is 0.563. The zero-order valence-corrected chi connectivity index (χ0v) is 16.5. The largest absolute Gasteiger partial charge is 0.534 e. The Morgan fingerprint density at radius 2 is 1.89 bits per heavy atom. The lowest BCUT2D eigenvalue weighted by atomic mass is 10.1. The molecule has 28 heavy (non-hydrogen) atoms. The maximum Gasteiger partial charge on any atom is 0.534 e. The molecule has 2 rings (SSSR count). The molecule has 0 saturated heterocycles. The Bertz CT molecular complexity index is 961. The average Bonchev–Trinajstić information content (AvgIpc) is 2.85. The first-order valence-electron chi connectivity index (χ1n) is 8.28. The number of alkyl carbamates (subject to hydrolysis) is 1. The fraction of sp³-hybridized carbons (Fsp3) is 0.471. The van der Waals surface area contributed by atoms with E-state index in [1.165, 1.54) is 6.07 Å². The zero-order valence-electron chi connectivity index (χ0n) is 15.7. The molecule has 0 spiro atoms. The molecule has 11 heteroatoms. The van der Waals surface area contributed by atoms with Gasteiger partial charge in [0.2, 0.25) is 0 Å². The minimum absolute atomic E-state index is 0.282. The molecule has 1 amide bonds. The average molecular weight is 422 g/mol. The van der Waals surface area contributed by atoms with E-state index in [1.807, 2.05) is 0 Å². The highest BCUT2D eigenvalue weighted by molar-refractivity contribution is 7.88. The summed E-state index contributed by atoms with van der Waals surface area (Å²) in [6.45, 7) is 7.01. The van der Waals surface area contributed by atoms with E-state index in [4.69, 9.17) is 4.74 Å². The van der Waals surface area contributed by atoms with Crippen LogP contribution in [-0.2, 0) is 21.3 Å². The number of alkyl halides is 3. The van der Waals surface area contributed by atoms with E-state index in [9.17, 15) is 26.4 Å². The summed E-state index contributed by atoms with van der Waals surface area (Å²) in [4.78, 5) is 14.7. The van der Waals surface area contributed by atoms with Gasteiger partial charge in [-0.3, -0.25) is 0 Å². The second-order valence-electron chi connectivity index (χ2n) is 7.26. The van der Waals surface area contributed by atoms with E-state index in [1.54, 1.807) is 33.9 Å². The molecule has 0 aliphatic heterocycles. The lowest BCUT2D eigenvalue weighted by molar-refractivity contribution is -0.0500. The number of hydrogen-bond acceptors (Lipinski definition) is 5. The smallest absolute Gasteiger partial charge is 0.444 e. The van der Waals surface area contributed by atoms with Crippen molar-refractivity contribution in [3.8, 4) is 5.75 Å². The molecule has 2 aromatic rings. The molecule has 2 N–H and O–H groups in total. The summed E-state index contributed by atoms with van der Waals surface area (Å²) in [6.07, 6.45) is 1.48. The molecule has 1 heterocycles. The molecule has 0 unspecified atom stereocenters. The van der Waals surface area contributed by atoms with Gasteiger partial charge in [-0.2, -0.15) is 21.6 Å². The Labute approximate surface area is 160 Å². The Morgan fingerprint density at radius 1 is 1.25 bits per heavy atom. The number of carbonyl (C=O) groups excluding carboxylic acids is 1. The Morgan fingerprint density at radius 3 is 2.46 bits per heavy atom. The van der Waals surface area contributed by atoms with E-state index < -0.39 is 33.1 Å². The molecule has 0 aliphatic carbocycles. The van der Waals surface area contributed by atoms with Gasteiger partial charge in [-0.25, -0.2) is 4.79 Å². The summed E-state index contributed by atoms with van der Waals surface area (Å²) in [5.74, 6) is -0.460. The first kappa shape index (κ1) is 21.9. The molecule has 1 aromatic heterocycles. The first-order valence-corrected chi connectivity index (χ1v) is 9.69. The Hall–Kier alpha value is -2.43. The van der Waals surface area contributed by atoms with E-state index in [-0.39, 0.29) is 6.04 Å². The van der Waals surface area contributed by atoms with Crippen molar-refractivity contribution in [3.05, 3.63) is 30.0 Å². The number of aromatic nitrogens is 1. The highest BCUT2D eigenvalue weighted by Gasteiger charge is 2.48. The second-order valence-corrected chi connectivity index (χ2v) is 8.79. The van der Waals surface area contributed by atoms with Crippen LogP contribution in [0.25, 0.3) is 10.9 Å². The summed E-state index contributed by atoms with van der Waals surface area (Å²) in [6, 6.07) is 3.46. The number of H-pyrrole nitrogens is 1. The molecule has 0 saturated carbocycles. The normalized spacial score (nSPS) is 14.0. The minimum Gasteiger partial charge on any atom is -0.444 e. The van der Waals surface area contributed by atoms with Crippen LogP contribution in [-0.4, -0.2) is 36.6 Å². The number of nitrogens with one attached hydrogen (secondary N) is 2. The van der Waals surface area contributed by atoms with Crippen LogP contribution in [0.3, 0.4) is 0 Å². The molecular formula is C17H21F3N2O5S. The van der Waals surface area contributed by atoms with Crippen molar-refractivity contribution in [2.75, 3.05) is 0 Å². The van der Waals surface area contributed by atoms with Crippen molar-refractivity contribution in [2.24, 2.45) is 0 Å². The third-order valence-corrected chi connectivity index (χ3v) is 4.50. The lowest BCUT2D eigenvalue weighted by Crippen LogP contribution is -2.38. The predicted octanol–water partition coefficient (Wildman–Crippen LogP) is 3.85. The third-order valence-electron chi connectivity index (χ3n) is 3.52. The van der Waals surface area contributed by atoms with Crippen molar-refractivity contribution in [1.82, 2.24) is 10.3 Å². The van der Waals surface area contributed by atoms with Gasteiger partial charge >= 0.3 is 21.7 Å². The minimum atomic E-state index is -5.74. The number of ether oxygens (including phenoxy) is 1. The molecule has 0 bridgehead atoms. The van der Waals surface area contributed by atoms with Crippen LogP contribution in [0.2, 0.25) is 0 Å². The van der Waals surface area contributed by atoms with Crippen molar-refractivity contribution >= 4 is 27.1 Å². The maximum atomic E-state index is 12.4. The van der Waals surface area contributed by atoms with Gasteiger partial charge in [-0.15, -0.1) is 0 Å². The van der Waals surface area contributed by atoms with Gasteiger partial charge in [0.15, 0.2) is 0 Å². The fourth-order valence-corrected chi connectivity index (χ4v) is 2.90. The van der Waals surface area contributed by atoms with Gasteiger partial charge in [-0.1, -0.05) is 0 Å². The molecule has 0 aliphatic rings. The Balaban J connectivity index is 2.11. The van der Waals surface area contributed by atoms with Gasteiger partial charge in [0.1, 0.15) is 11.4 Å². The van der Waals surface area contributed by atoms with Crippen LogP contribution in [0.1, 0.15) is 33.3 Å². The number of fused-ring (bicyclic) bond motifs is 1. The number of carbonyl (C=O) groups is 1. The van der Waals surface area contributed by atoms with Crippen molar-refractivity contribution in [1.29, 1.82) is 0 Å². The molecule has 156 valence electrons. The summed E-state index contributed by atoms with van der Waals surface area (Å²) < 4.78 is 68.8. The molecule has 0 radical (unpaired) electrons. The van der Waals surface area contributed by atoms with Crippen LogP contribution in [0.15, 0.2) is 24.4 Å². The van der Waals surface area contributed by atoms with Crippen LogP contribution < -0.4 is 9.50 Å². The van der Waals surface area contributed by atoms with E-state index in [0.29, 0.717) is 17.3 Å². The molecule has 1 atom stereocenters. The highest BCUT2D eigenvalue weighted by Crippen LogP contribution is 2.29. The summed E-state index contributed by atoms with van der Waals surface area (Å²) in [7, 11) is -5.74. The third kappa shape index (κ3) is 5.54. The molecule has 7 nitrogen and oxygen atoms in total. The standard InChI is InChI=1S/C17H21F3N2O5S/c1-10(22-15(23)26-16(2,3)4)7-11-9-21-14-8-12(5-6-13(11)14)27-28(24,25)17(18,19)20/h5-6,8-10,21H,7H2,1-4H3,(H,22,23)/t10-/m1/s1. The summed E-state index contributed by atoms with van der Waals surface area (Å²) >= 11 is 0. The predicted molar refractivity (Wildman–Crippen MR) is 96.4 cm³/mol. The molecule has 1 aromatic carbocycles. The second kappa shape index (κ2) is 7.53. The number of halogens is 3. The summed E-state index contributed by atoms with van der Waals surface area (Å²) in [5, 5.41) is 3.36. The monoisotopic (exact) mass is 422 g/mol. The van der Waals surface area contributed by atoms with E-state index in [2.05, 4.69) is 14.5 Å². The highest BCUT2D eigenvalue weighted by atomic mass is 32.2. The zero-order chi connectivity index (χ0) is 21.3. The van der Waals surface area contributed by atoms with Crippen LogP contribution in [0.4, 0.5) is 18.0 Å². The maximum absolute atomic E-state index is 12.4. The number of aromatic amines is 1. The van der Waals surface area contributed by atoms with E-state index in [0.717, 1.165) is 17.7 Å². The number of amides is 1. The lowest BCUT2D eigenvalue weighted by Gasteiger charge is -2.21. The van der Waals surface area contributed by atoms with Crippen molar-refractivity contribution in [3.63, 3.8) is 0 Å². The van der Waals surface area contributed by atoms with Crippen LogP contribution >= 0.6 is 0 Å². The van der Waals surface area contributed by atoms with Gasteiger partial charge in [-0.05, 0) is 51.8 Å². The Kier molecular flexibility index (Phi) is 5.88. The number of benzene rings is 1. The van der Waals surface area contributed by atoms with Crippen molar-refractivity contribution in [2.45, 2.75) is 51.3 Å². The number of hydrogen-bond donors (Lipinski definition) is 2. The van der Waals surface area contributed by atoms with Gasteiger partial charge < -0.3 is 19.2 Å². The van der Waals surface area contributed by atoms with Gasteiger partial charge in [0.25, 0.3) is 0 Å². The van der Waals surface area contributed by atoms with Gasteiger partial charge in [0, 0.05) is 29.2 Å². The number of rotatable bonds is 5. The van der Waals surface area contributed by atoms with Crippen LogP contribution in [0.5, 0.6) is 5.75 Å². The van der Waals surface area contributed by atoms with Crippen molar-refractivity contribution < 1.29 is 35.3 Å². The summed E-state index contributed by atoms with van der Waals surface area (Å²) in [5.41, 5.74) is -4.96. The molecule has 0 fully saturated rings. The topological polar surface area (TPSA) is 97.5 Å². The van der Waals surface area contributed by atoms with E-state index >= 15 is 0 Å². The van der Waals surface area contributed by atoms with Crippen LogP contribution in [0, 0.1) is 0 Å².